The predicted octanol–water partition coefficient (Wildman–Crippen LogP) is 4.68. The van der Waals surface area contributed by atoms with Gasteiger partial charge in [0.15, 0.2) is 17.4 Å². The smallest absolute Gasteiger partial charge is 0.415 e. The number of pyridine rings is 1. The number of carbonyl (C=O) groups is 1. The van der Waals surface area contributed by atoms with Crippen LogP contribution in [0.2, 0.25) is 0 Å². The molecule has 0 N–H and O–H groups in total. The predicted molar refractivity (Wildman–Crippen MR) is 103 cm³/mol. The fraction of sp³-hybridized carbons (Fsp3) is 0.250. The lowest BCUT2D eigenvalue weighted by molar-refractivity contribution is 0.136. The molecule has 1 aliphatic rings. The van der Waals surface area contributed by atoms with E-state index in [1.165, 1.54) is 18.3 Å². The van der Waals surface area contributed by atoms with Crippen molar-refractivity contribution in [2.45, 2.75) is 18.8 Å². The van der Waals surface area contributed by atoms with E-state index in [0.29, 0.717) is 30.5 Å². The summed E-state index contributed by atoms with van der Waals surface area (Å²) in [7, 11) is 0. The first kappa shape index (κ1) is 19.8. The van der Waals surface area contributed by atoms with Crippen molar-refractivity contribution in [3.63, 3.8) is 0 Å². The number of likely N-dealkylation sites (tertiary alicyclic amines) is 1. The van der Waals surface area contributed by atoms with Crippen LogP contribution in [0.25, 0.3) is 11.3 Å². The number of benzene rings is 1. The third kappa shape index (κ3) is 4.48. The van der Waals surface area contributed by atoms with E-state index in [2.05, 4.69) is 9.97 Å². The van der Waals surface area contributed by atoms with Crippen LogP contribution in [0, 0.1) is 5.82 Å². The lowest BCUT2D eigenvalue weighted by Gasteiger charge is -2.29. The number of halogens is 2. The Labute approximate surface area is 167 Å². The number of hydrogen-bond donors (Lipinski definition) is 0. The molecular weight excluding hydrogens is 385 g/mol. The fourth-order valence-electron chi connectivity index (χ4n) is 3.11. The molecule has 1 aliphatic heterocycles. The number of oxazole rings is 1. The maximum absolute atomic E-state index is 13.0. The van der Waals surface area contributed by atoms with Crippen molar-refractivity contribution in [1.29, 1.82) is 0 Å². The summed E-state index contributed by atoms with van der Waals surface area (Å²) in [6.07, 6.45) is 5.90. The van der Waals surface area contributed by atoms with Gasteiger partial charge >= 0.3 is 6.09 Å². The zero-order valence-corrected chi connectivity index (χ0v) is 15.8. The fourth-order valence-corrected chi connectivity index (χ4v) is 3.11. The van der Waals surface area contributed by atoms with Crippen LogP contribution in [0.3, 0.4) is 0 Å². The van der Waals surface area contributed by atoms with Gasteiger partial charge in [0.1, 0.15) is 5.82 Å². The number of carbonyl (C=O) groups excluding carboxylic acids is 1. The number of piperidine rings is 1. The van der Waals surface area contributed by atoms with Crippen molar-refractivity contribution in [1.82, 2.24) is 14.9 Å². The van der Waals surface area contributed by atoms with Gasteiger partial charge in [0.2, 0.25) is 0 Å². The summed E-state index contributed by atoms with van der Waals surface area (Å²) in [4.78, 5) is 22.2. The second-order valence-corrected chi connectivity index (χ2v) is 6.39. The highest BCUT2D eigenvalue weighted by molar-refractivity contribution is 5.85. The van der Waals surface area contributed by atoms with E-state index < -0.39 is 0 Å². The lowest BCUT2D eigenvalue weighted by Crippen LogP contribution is -2.39. The Bertz CT molecular complexity index is 910. The SMILES string of the molecule is Cl.O=C(Oc1cccnc1)N1CCC(c2ncc(-c3ccc(F)cc3)o2)CC1. The van der Waals surface area contributed by atoms with Crippen molar-refractivity contribution >= 4 is 18.5 Å². The Morgan fingerprint density at radius 1 is 1.14 bits per heavy atom. The zero-order chi connectivity index (χ0) is 18.6. The van der Waals surface area contributed by atoms with Crippen LogP contribution in [0.4, 0.5) is 9.18 Å². The number of aromatic nitrogens is 2. The molecule has 0 spiro atoms. The molecule has 2 aromatic heterocycles. The minimum atomic E-state index is -0.374. The topological polar surface area (TPSA) is 68.5 Å². The van der Waals surface area contributed by atoms with Crippen LogP contribution >= 0.6 is 12.4 Å². The van der Waals surface area contributed by atoms with E-state index >= 15 is 0 Å². The van der Waals surface area contributed by atoms with Gasteiger partial charge in [-0.2, -0.15) is 0 Å². The Hall–Kier alpha value is -2.93. The van der Waals surface area contributed by atoms with Crippen molar-refractivity contribution in [2.24, 2.45) is 0 Å². The van der Waals surface area contributed by atoms with E-state index in [4.69, 9.17) is 9.15 Å². The highest BCUT2D eigenvalue weighted by Gasteiger charge is 2.28. The number of amides is 1. The first-order valence-corrected chi connectivity index (χ1v) is 8.77. The van der Waals surface area contributed by atoms with E-state index in [0.717, 1.165) is 18.4 Å². The summed E-state index contributed by atoms with van der Waals surface area (Å²) in [6.45, 7) is 1.13. The summed E-state index contributed by atoms with van der Waals surface area (Å²) in [5, 5.41) is 0. The second-order valence-electron chi connectivity index (χ2n) is 6.39. The monoisotopic (exact) mass is 403 g/mol. The van der Waals surface area contributed by atoms with Crippen LogP contribution in [0.1, 0.15) is 24.7 Å². The zero-order valence-electron chi connectivity index (χ0n) is 15.0. The summed E-state index contributed by atoms with van der Waals surface area (Å²) in [5.41, 5.74) is 0.785. The quantitative estimate of drug-likeness (QED) is 0.635. The van der Waals surface area contributed by atoms with Crippen LogP contribution in [0.15, 0.2) is 59.4 Å². The third-order valence-electron chi connectivity index (χ3n) is 4.59. The largest absolute Gasteiger partial charge is 0.440 e. The second kappa shape index (κ2) is 8.84. The number of hydrogen-bond acceptors (Lipinski definition) is 5. The van der Waals surface area contributed by atoms with E-state index in [-0.39, 0.29) is 30.2 Å². The summed E-state index contributed by atoms with van der Waals surface area (Å²) in [5.74, 6) is 1.55. The first-order chi connectivity index (χ1) is 13.2. The van der Waals surface area contributed by atoms with Gasteiger partial charge in [0.25, 0.3) is 0 Å². The molecule has 0 atom stereocenters. The molecule has 0 bridgehead atoms. The maximum Gasteiger partial charge on any atom is 0.415 e. The van der Waals surface area contributed by atoms with Gasteiger partial charge in [-0.15, -0.1) is 12.4 Å². The molecule has 0 unspecified atom stereocenters. The lowest BCUT2D eigenvalue weighted by atomic mass is 9.97. The molecule has 0 saturated carbocycles. The number of ether oxygens (including phenoxy) is 1. The van der Waals surface area contributed by atoms with Crippen LogP contribution in [-0.4, -0.2) is 34.1 Å². The average Bonchev–Trinajstić information content (AvgIpc) is 3.20. The van der Waals surface area contributed by atoms with Gasteiger partial charge in [0.05, 0.1) is 12.4 Å². The summed E-state index contributed by atoms with van der Waals surface area (Å²) >= 11 is 0. The van der Waals surface area contributed by atoms with E-state index in [9.17, 15) is 9.18 Å². The number of rotatable bonds is 3. The van der Waals surface area contributed by atoms with Gasteiger partial charge in [-0.25, -0.2) is 14.2 Å². The van der Waals surface area contributed by atoms with Crippen molar-refractivity contribution in [3.05, 3.63) is 66.7 Å². The molecule has 8 heteroatoms. The van der Waals surface area contributed by atoms with Gasteiger partial charge in [-0.05, 0) is 49.2 Å². The van der Waals surface area contributed by atoms with Crippen molar-refractivity contribution in [3.8, 4) is 17.1 Å². The van der Waals surface area contributed by atoms with E-state index in [1.807, 2.05) is 0 Å². The minimum Gasteiger partial charge on any atom is -0.440 e. The standard InChI is InChI=1S/C20H18FN3O3.ClH/c21-16-5-3-14(4-6-16)18-13-23-19(27-18)15-7-10-24(11-8-15)20(25)26-17-2-1-9-22-12-17;/h1-6,9,12-13,15H,7-8,10-11H2;1H. The molecule has 146 valence electrons. The molecule has 1 fully saturated rings. The van der Waals surface area contributed by atoms with Crippen LogP contribution in [0.5, 0.6) is 5.75 Å². The molecule has 3 aromatic rings. The van der Waals surface area contributed by atoms with Crippen LogP contribution in [-0.2, 0) is 0 Å². The minimum absolute atomic E-state index is 0. The average molecular weight is 404 g/mol. The summed E-state index contributed by atoms with van der Waals surface area (Å²) < 4.78 is 24.2. The van der Waals surface area contributed by atoms with Gasteiger partial charge in [-0.3, -0.25) is 4.98 Å². The molecule has 0 radical (unpaired) electrons. The van der Waals surface area contributed by atoms with Gasteiger partial charge in [0, 0.05) is 30.8 Å². The molecule has 3 heterocycles. The molecular formula is C20H19ClFN3O3. The number of nitrogens with zero attached hydrogens (tertiary/aromatic N) is 3. The molecule has 1 saturated heterocycles. The normalized spacial score (nSPS) is 14.4. The van der Waals surface area contributed by atoms with Gasteiger partial charge < -0.3 is 14.1 Å². The molecule has 0 aliphatic carbocycles. The molecule has 6 nitrogen and oxygen atoms in total. The molecule has 1 amide bonds. The Morgan fingerprint density at radius 3 is 2.57 bits per heavy atom. The van der Waals surface area contributed by atoms with Crippen LogP contribution < -0.4 is 4.74 Å². The molecule has 28 heavy (non-hydrogen) atoms. The Morgan fingerprint density at radius 2 is 1.89 bits per heavy atom. The van der Waals surface area contributed by atoms with Crippen molar-refractivity contribution in [2.75, 3.05) is 13.1 Å². The third-order valence-corrected chi connectivity index (χ3v) is 4.59. The van der Waals surface area contributed by atoms with Gasteiger partial charge in [-0.1, -0.05) is 0 Å². The van der Waals surface area contributed by atoms with Crippen molar-refractivity contribution < 1.29 is 18.3 Å². The highest BCUT2D eigenvalue weighted by Crippen LogP contribution is 2.31. The molecule has 1 aromatic carbocycles. The summed E-state index contributed by atoms with van der Waals surface area (Å²) in [6, 6.07) is 9.53. The maximum atomic E-state index is 13.0. The Kier molecular flexibility index (Phi) is 6.26. The Balaban J connectivity index is 0.00000225. The van der Waals surface area contributed by atoms with E-state index in [1.54, 1.807) is 41.6 Å². The highest BCUT2D eigenvalue weighted by atomic mass is 35.5. The first-order valence-electron chi connectivity index (χ1n) is 8.77. The molecule has 4 rings (SSSR count).